The number of hydrogen-bond donors (Lipinski definition) is 1. The smallest absolute Gasteiger partial charge is 0.339 e. The minimum atomic E-state index is -0.412. The molecule has 1 saturated carbocycles. The van der Waals surface area contributed by atoms with Crippen molar-refractivity contribution in [3.8, 4) is 0 Å². The number of esters is 1. The summed E-state index contributed by atoms with van der Waals surface area (Å²) in [5, 5.41) is 3.88. The van der Waals surface area contributed by atoms with Crippen molar-refractivity contribution in [1.29, 1.82) is 0 Å². The highest BCUT2D eigenvalue weighted by atomic mass is 16.5. The number of aromatic nitrogens is 1. The number of carbonyl (C=O) groups is 2. The van der Waals surface area contributed by atoms with E-state index in [1.54, 1.807) is 0 Å². The summed E-state index contributed by atoms with van der Waals surface area (Å²) in [6.07, 6.45) is 9.53. The fourth-order valence-electron chi connectivity index (χ4n) is 5.26. The first-order valence-corrected chi connectivity index (χ1v) is 12.2. The summed E-state index contributed by atoms with van der Waals surface area (Å²) in [6.45, 7) is 6.54. The predicted molar refractivity (Wildman–Crippen MR) is 127 cm³/mol. The summed E-state index contributed by atoms with van der Waals surface area (Å²) in [5.74, 6) is -0.140. The molecule has 0 aliphatic heterocycles. The number of carbonyl (C=O) groups excluding carboxylic acids is 2. The Morgan fingerprint density at radius 2 is 1.78 bits per heavy atom. The van der Waals surface area contributed by atoms with E-state index in [-0.39, 0.29) is 24.0 Å². The van der Waals surface area contributed by atoms with Gasteiger partial charge in [0.2, 0.25) is 0 Å². The summed E-state index contributed by atoms with van der Waals surface area (Å²) < 4.78 is 5.58. The molecular weight excluding hydrogens is 400 g/mol. The van der Waals surface area contributed by atoms with E-state index in [0.717, 1.165) is 67.1 Å². The van der Waals surface area contributed by atoms with Crippen molar-refractivity contribution in [2.75, 3.05) is 6.61 Å². The lowest BCUT2D eigenvalue weighted by Crippen LogP contribution is -2.37. The van der Waals surface area contributed by atoms with E-state index in [1.165, 1.54) is 12.8 Å². The third-order valence-corrected chi connectivity index (χ3v) is 7.24. The predicted octanol–water partition coefficient (Wildman–Crippen LogP) is 5.38. The van der Waals surface area contributed by atoms with Crippen LogP contribution in [-0.2, 0) is 22.4 Å². The van der Waals surface area contributed by atoms with E-state index in [9.17, 15) is 9.59 Å². The minimum absolute atomic E-state index is 0.156. The van der Waals surface area contributed by atoms with E-state index < -0.39 is 5.97 Å². The van der Waals surface area contributed by atoms with Gasteiger partial charge >= 0.3 is 5.97 Å². The number of pyridine rings is 1. The molecule has 4 rings (SSSR count). The Morgan fingerprint density at radius 1 is 1.06 bits per heavy atom. The van der Waals surface area contributed by atoms with Crippen molar-refractivity contribution in [3.05, 3.63) is 41.1 Å². The van der Waals surface area contributed by atoms with Gasteiger partial charge in [0.1, 0.15) is 0 Å². The summed E-state index contributed by atoms with van der Waals surface area (Å²) in [7, 11) is 0. The molecule has 172 valence electrons. The number of ether oxygens (including phenoxy) is 1. The van der Waals surface area contributed by atoms with Crippen LogP contribution in [0, 0.1) is 11.3 Å². The lowest BCUT2D eigenvalue weighted by Gasteiger charge is -2.35. The number of benzene rings is 1. The van der Waals surface area contributed by atoms with Gasteiger partial charge in [-0.05, 0) is 55.1 Å². The fourth-order valence-corrected chi connectivity index (χ4v) is 5.26. The van der Waals surface area contributed by atoms with Gasteiger partial charge in [0.25, 0.3) is 5.91 Å². The van der Waals surface area contributed by atoms with Crippen LogP contribution >= 0.6 is 0 Å². The van der Waals surface area contributed by atoms with Crippen molar-refractivity contribution in [2.24, 2.45) is 11.3 Å². The molecule has 5 heteroatoms. The maximum Gasteiger partial charge on any atom is 0.339 e. The van der Waals surface area contributed by atoms with Crippen LogP contribution in [0.5, 0.6) is 0 Å². The Labute approximate surface area is 191 Å². The van der Waals surface area contributed by atoms with Gasteiger partial charge < -0.3 is 10.1 Å². The van der Waals surface area contributed by atoms with E-state index in [0.29, 0.717) is 11.5 Å². The third kappa shape index (κ3) is 5.13. The molecule has 1 aromatic carbocycles. The maximum atomic E-state index is 13.3. The molecule has 5 nitrogen and oxygen atoms in total. The highest BCUT2D eigenvalue weighted by Crippen LogP contribution is 2.39. The third-order valence-electron chi connectivity index (χ3n) is 7.24. The Kier molecular flexibility index (Phi) is 6.82. The van der Waals surface area contributed by atoms with Crippen molar-refractivity contribution in [3.63, 3.8) is 0 Å². The van der Waals surface area contributed by atoms with E-state index in [1.807, 2.05) is 24.3 Å². The average Bonchev–Trinajstić information content (AvgIpc) is 3.03. The van der Waals surface area contributed by atoms with Gasteiger partial charge in [-0.25, -0.2) is 4.79 Å². The molecule has 0 bridgehead atoms. The van der Waals surface area contributed by atoms with Gasteiger partial charge in [-0.3, -0.25) is 9.78 Å². The molecule has 1 heterocycles. The van der Waals surface area contributed by atoms with E-state index in [4.69, 9.17) is 9.72 Å². The van der Waals surface area contributed by atoms with Gasteiger partial charge in [0.05, 0.1) is 11.1 Å². The van der Waals surface area contributed by atoms with Crippen molar-refractivity contribution in [1.82, 2.24) is 10.3 Å². The van der Waals surface area contributed by atoms with Gasteiger partial charge in [-0.2, -0.15) is 0 Å². The van der Waals surface area contributed by atoms with E-state index in [2.05, 4.69) is 26.1 Å². The van der Waals surface area contributed by atoms with Crippen LogP contribution < -0.4 is 5.32 Å². The molecule has 0 saturated heterocycles. The monoisotopic (exact) mass is 436 g/mol. The lowest BCUT2D eigenvalue weighted by atomic mass is 9.70. The topological polar surface area (TPSA) is 68.3 Å². The molecule has 0 spiro atoms. The zero-order valence-electron chi connectivity index (χ0n) is 19.7. The summed E-state index contributed by atoms with van der Waals surface area (Å²) >= 11 is 0. The molecule has 1 fully saturated rings. The van der Waals surface area contributed by atoms with Gasteiger partial charge in [-0.1, -0.05) is 64.7 Å². The number of hydrogen-bond acceptors (Lipinski definition) is 4. The number of amides is 1. The Hall–Kier alpha value is -2.43. The number of para-hydroxylation sites is 1. The summed E-state index contributed by atoms with van der Waals surface area (Å²) in [4.78, 5) is 30.7. The second-order valence-corrected chi connectivity index (χ2v) is 10.6. The van der Waals surface area contributed by atoms with Gasteiger partial charge in [-0.15, -0.1) is 0 Å². The highest BCUT2D eigenvalue weighted by molar-refractivity contribution is 6.05. The largest absolute Gasteiger partial charge is 0.452 e. The highest BCUT2D eigenvalue weighted by Gasteiger charge is 2.33. The van der Waals surface area contributed by atoms with Crippen molar-refractivity contribution in [2.45, 2.75) is 84.6 Å². The number of aryl methyl sites for hydroxylation is 1. The first kappa shape index (κ1) is 22.8. The second kappa shape index (κ2) is 9.60. The standard InChI is InChI=1S/C27H36N2O3/c1-27(2,3)18-14-15-23-21(16-18)25(20-12-8-9-13-22(20)29-23)26(31)32-17-24(30)28-19-10-6-4-5-7-11-19/h8-9,12-13,18-19H,4-7,10-11,14-17H2,1-3H3,(H,28,30). The molecule has 1 atom stereocenters. The summed E-state index contributed by atoms with van der Waals surface area (Å²) in [6, 6.07) is 7.95. The second-order valence-electron chi connectivity index (χ2n) is 10.6. The molecule has 1 amide bonds. The van der Waals surface area contributed by atoms with Crippen LogP contribution in [0.25, 0.3) is 10.9 Å². The van der Waals surface area contributed by atoms with Crippen LogP contribution in [0.3, 0.4) is 0 Å². The minimum Gasteiger partial charge on any atom is -0.452 e. The lowest BCUT2D eigenvalue weighted by molar-refractivity contribution is -0.125. The molecule has 1 N–H and O–H groups in total. The van der Waals surface area contributed by atoms with Gasteiger partial charge in [0.15, 0.2) is 6.61 Å². The van der Waals surface area contributed by atoms with E-state index >= 15 is 0 Å². The zero-order valence-corrected chi connectivity index (χ0v) is 19.7. The molecular formula is C27H36N2O3. The number of fused-ring (bicyclic) bond motifs is 2. The van der Waals surface area contributed by atoms with Crippen molar-refractivity contribution < 1.29 is 14.3 Å². The maximum absolute atomic E-state index is 13.3. The SMILES string of the molecule is CC(C)(C)C1CCc2nc3ccccc3c(C(=O)OCC(=O)NC3CCCCCC3)c2C1. The molecule has 32 heavy (non-hydrogen) atoms. The fraction of sp³-hybridized carbons (Fsp3) is 0.593. The first-order valence-electron chi connectivity index (χ1n) is 12.2. The van der Waals surface area contributed by atoms with Crippen LogP contribution in [0.4, 0.5) is 0 Å². The number of nitrogens with one attached hydrogen (secondary N) is 1. The Morgan fingerprint density at radius 3 is 2.50 bits per heavy atom. The molecule has 1 unspecified atom stereocenters. The molecule has 2 aliphatic carbocycles. The Balaban J connectivity index is 1.54. The van der Waals surface area contributed by atoms with Crippen LogP contribution in [0.15, 0.2) is 24.3 Å². The van der Waals surface area contributed by atoms with Crippen LogP contribution in [0.1, 0.15) is 87.3 Å². The molecule has 0 radical (unpaired) electrons. The number of nitrogens with zero attached hydrogens (tertiary/aromatic N) is 1. The quantitative estimate of drug-likeness (QED) is 0.516. The van der Waals surface area contributed by atoms with Crippen LogP contribution in [-0.4, -0.2) is 29.5 Å². The number of rotatable bonds is 4. The summed E-state index contributed by atoms with van der Waals surface area (Å²) in [5.41, 5.74) is 3.57. The molecule has 2 aromatic rings. The Bertz CT molecular complexity index is 984. The molecule has 2 aliphatic rings. The van der Waals surface area contributed by atoms with Crippen LogP contribution in [0.2, 0.25) is 0 Å². The van der Waals surface area contributed by atoms with Crippen molar-refractivity contribution >= 4 is 22.8 Å². The normalized spacial score (nSPS) is 19.8. The first-order chi connectivity index (χ1) is 15.3. The molecule has 1 aromatic heterocycles. The zero-order chi connectivity index (χ0) is 22.7. The average molecular weight is 437 g/mol. The van der Waals surface area contributed by atoms with Gasteiger partial charge in [0, 0.05) is 17.1 Å².